The van der Waals surface area contributed by atoms with E-state index in [2.05, 4.69) is 77.0 Å². The average Bonchev–Trinajstić information content (AvgIpc) is 3.15. The molecule has 2 atom stereocenters. The van der Waals surface area contributed by atoms with Crippen LogP contribution in [0.5, 0.6) is 0 Å². The molecule has 1 heterocycles. The predicted octanol–water partition coefficient (Wildman–Crippen LogP) is 3.74. The summed E-state index contributed by atoms with van der Waals surface area (Å²) < 4.78 is 0. The molecule has 1 aromatic heterocycles. The maximum Gasteiger partial charge on any atom is 0.193 e. The molecule has 0 bridgehead atoms. The molecule has 122 valence electrons. The number of nitrogens with one attached hydrogen (secondary N) is 1. The first kappa shape index (κ1) is 16.1. The van der Waals surface area contributed by atoms with E-state index in [0.29, 0.717) is 12.0 Å². The molecule has 1 N–H and O–H groups in total. The highest BCUT2D eigenvalue weighted by Crippen LogP contribution is 2.40. The molecule has 0 radical (unpaired) electrons. The molecule has 0 amide bonds. The van der Waals surface area contributed by atoms with Crippen LogP contribution in [0.2, 0.25) is 0 Å². The zero-order valence-corrected chi connectivity index (χ0v) is 14.7. The van der Waals surface area contributed by atoms with Crippen molar-refractivity contribution >= 4 is 17.3 Å². The molecule has 1 saturated carbocycles. The third kappa shape index (κ3) is 4.35. The van der Waals surface area contributed by atoms with Gasteiger partial charge in [0, 0.05) is 37.0 Å². The summed E-state index contributed by atoms with van der Waals surface area (Å²) in [6.07, 6.45) is 2.27. The van der Waals surface area contributed by atoms with Gasteiger partial charge >= 0.3 is 0 Å². The third-order valence-corrected chi connectivity index (χ3v) is 5.21. The Morgan fingerprint density at radius 3 is 2.78 bits per heavy atom. The van der Waals surface area contributed by atoms with Gasteiger partial charge < -0.3 is 10.2 Å². The minimum atomic E-state index is 0.520. The molecular formula is C19H25N3S. The van der Waals surface area contributed by atoms with Gasteiger partial charge in [-0.2, -0.15) is 0 Å². The lowest BCUT2D eigenvalue weighted by molar-refractivity contribution is 0.484. The molecule has 3 rings (SSSR count). The average molecular weight is 327 g/mol. The molecule has 3 nitrogen and oxygen atoms in total. The lowest BCUT2D eigenvalue weighted by Gasteiger charge is -2.22. The smallest absolute Gasteiger partial charge is 0.193 e. The van der Waals surface area contributed by atoms with Gasteiger partial charge in [-0.1, -0.05) is 36.4 Å². The van der Waals surface area contributed by atoms with Gasteiger partial charge in [0.1, 0.15) is 0 Å². The minimum Gasteiger partial charge on any atom is -0.353 e. The predicted molar refractivity (Wildman–Crippen MR) is 99.4 cm³/mol. The standard InChI is InChI=1S/C19H25N3S/c1-3-20-19(22(2)12-11-16-10-7-13-23-16)21-18-14-17(18)15-8-5-4-6-9-15/h4-10,13,17-18H,3,11-12,14H2,1-2H3,(H,20,21). The normalized spacial score (nSPS) is 20.3. The molecule has 1 aromatic carbocycles. The van der Waals surface area contributed by atoms with Gasteiger partial charge in [0.25, 0.3) is 0 Å². The van der Waals surface area contributed by atoms with Gasteiger partial charge in [-0.05, 0) is 36.8 Å². The molecule has 1 aliphatic carbocycles. The number of thiophene rings is 1. The van der Waals surface area contributed by atoms with Crippen molar-refractivity contribution in [1.29, 1.82) is 0 Å². The van der Waals surface area contributed by atoms with Crippen LogP contribution in [0.4, 0.5) is 0 Å². The Balaban J connectivity index is 1.54. The molecule has 0 saturated heterocycles. The SMILES string of the molecule is CCN=C(NC1CC1c1ccccc1)N(C)CCc1cccs1. The summed E-state index contributed by atoms with van der Waals surface area (Å²) in [6.45, 7) is 3.90. The highest BCUT2D eigenvalue weighted by Gasteiger charge is 2.39. The van der Waals surface area contributed by atoms with Crippen LogP contribution in [0.15, 0.2) is 52.8 Å². The Kier molecular flexibility index (Phi) is 5.34. The van der Waals surface area contributed by atoms with E-state index in [4.69, 9.17) is 0 Å². The number of guanidine groups is 1. The van der Waals surface area contributed by atoms with Gasteiger partial charge in [0.15, 0.2) is 5.96 Å². The summed E-state index contributed by atoms with van der Waals surface area (Å²) in [6, 6.07) is 15.6. The van der Waals surface area contributed by atoms with Crippen LogP contribution in [0.25, 0.3) is 0 Å². The van der Waals surface area contributed by atoms with Gasteiger partial charge in [0.05, 0.1) is 0 Å². The number of hydrogen-bond acceptors (Lipinski definition) is 2. The summed E-state index contributed by atoms with van der Waals surface area (Å²) >= 11 is 1.83. The second-order valence-corrected chi connectivity index (χ2v) is 7.08. The van der Waals surface area contributed by atoms with Crippen molar-refractivity contribution < 1.29 is 0 Å². The van der Waals surface area contributed by atoms with Crippen molar-refractivity contribution in [2.45, 2.75) is 31.7 Å². The summed E-state index contributed by atoms with van der Waals surface area (Å²) in [4.78, 5) is 8.35. The largest absolute Gasteiger partial charge is 0.353 e. The van der Waals surface area contributed by atoms with Crippen LogP contribution in [0.1, 0.15) is 29.7 Å². The number of nitrogens with zero attached hydrogens (tertiary/aromatic N) is 2. The number of benzene rings is 1. The van der Waals surface area contributed by atoms with E-state index in [0.717, 1.165) is 25.5 Å². The quantitative estimate of drug-likeness (QED) is 0.646. The van der Waals surface area contributed by atoms with Crippen LogP contribution < -0.4 is 5.32 Å². The van der Waals surface area contributed by atoms with Crippen LogP contribution in [0, 0.1) is 0 Å². The van der Waals surface area contributed by atoms with Crippen molar-refractivity contribution in [2.75, 3.05) is 20.1 Å². The lowest BCUT2D eigenvalue weighted by Crippen LogP contribution is -2.41. The first-order chi connectivity index (χ1) is 11.3. The van der Waals surface area contributed by atoms with E-state index >= 15 is 0 Å². The van der Waals surface area contributed by atoms with Crippen LogP contribution in [-0.4, -0.2) is 37.0 Å². The second kappa shape index (κ2) is 7.64. The molecule has 0 aliphatic heterocycles. The number of rotatable bonds is 6. The molecule has 4 heteroatoms. The molecule has 23 heavy (non-hydrogen) atoms. The van der Waals surface area contributed by atoms with Crippen LogP contribution in [0.3, 0.4) is 0 Å². The first-order valence-electron chi connectivity index (χ1n) is 8.37. The van der Waals surface area contributed by atoms with E-state index in [-0.39, 0.29) is 0 Å². The van der Waals surface area contributed by atoms with E-state index in [1.807, 2.05) is 11.3 Å². The van der Waals surface area contributed by atoms with Gasteiger partial charge in [-0.25, -0.2) is 0 Å². The molecular weight excluding hydrogens is 302 g/mol. The Morgan fingerprint density at radius 1 is 1.26 bits per heavy atom. The summed E-state index contributed by atoms with van der Waals surface area (Å²) in [7, 11) is 2.13. The van der Waals surface area contributed by atoms with Gasteiger partial charge in [0.2, 0.25) is 0 Å². The maximum absolute atomic E-state index is 4.67. The van der Waals surface area contributed by atoms with E-state index in [1.165, 1.54) is 16.9 Å². The van der Waals surface area contributed by atoms with Crippen LogP contribution >= 0.6 is 11.3 Å². The fourth-order valence-electron chi connectivity index (χ4n) is 2.85. The third-order valence-electron chi connectivity index (χ3n) is 4.28. The topological polar surface area (TPSA) is 27.6 Å². The Bertz CT molecular complexity index is 621. The van der Waals surface area contributed by atoms with Crippen molar-refractivity contribution in [3.8, 4) is 0 Å². The molecule has 2 aromatic rings. The van der Waals surface area contributed by atoms with Crippen LogP contribution in [-0.2, 0) is 6.42 Å². The van der Waals surface area contributed by atoms with Crippen molar-refractivity contribution in [3.05, 3.63) is 58.3 Å². The van der Waals surface area contributed by atoms with Crippen molar-refractivity contribution in [3.63, 3.8) is 0 Å². The van der Waals surface area contributed by atoms with Gasteiger partial charge in [-0.15, -0.1) is 11.3 Å². The zero-order valence-electron chi connectivity index (χ0n) is 13.9. The number of aliphatic imine (C=N–C) groups is 1. The molecule has 0 spiro atoms. The number of hydrogen-bond donors (Lipinski definition) is 1. The van der Waals surface area contributed by atoms with E-state index in [1.54, 1.807) is 0 Å². The zero-order chi connectivity index (χ0) is 16.1. The summed E-state index contributed by atoms with van der Waals surface area (Å²) in [5.74, 6) is 1.66. The Labute approximate surface area is 143 Å². The Hall–Kier alpha value is -1.81. The second-order valence-electron chi connectivity index (χ2n) is 6.05. The van der Waals surface area contributed by atoms with Crippen molar-refractivity contribution in [2.24, 2.45) is 4.99 Å². The lowest BCUT2D eigenvalue weighted by atomic mass is 10.1. The highest BCUT2D eigenvalue weighted by atomic mass is 32.1. The van der Waals surface area contributed by atoms with E-state index in [9.17, 15) is 0 Å². The molecule has 2 unspecified atom stereocenters. The monoisotopic (exact) mass is 327 g/mol. The van der Waals surface area contributed by atoms with E-state index < -0.39 is 0 Å². The molecule has 1 aliphatic rings. The summed E-state index contributed by atoms with van der Waals surface area (Å²) in [5.41, 5.74) is 1.43. The minimum absolute atomic E-state index is 0.520. The van der Waals surface area contributed by atoms with Gasteiger partial charge in [-0.3, -0.25) is 4.99 Å². The Morgan fingerprint density at radius 2 is 2.09 bits per heavy atom. The first-order valence-corrected chi connectivity index (χ1v) is 9.25. The maximum atomic E-state index is 4.67. The summed E-state index contributed by atoms with van der Waals surface area (Å²) in [5, 5.41) is 5.79. The highest BCUT2D eigenvalue weighted by molar-refractivity contribution is 7.09. The van der Waals surface area contributed by atoms with Crippen molar-refractivity contribution in [1.82, 2.24) is 10.2 Å². The fourth-order valence-corrected chi connectivity index (χ4v) is 3.55. The molecule has 1 fully saturated rings. The fraction of sp³-hybridized carbons (Fsp3) is 0.421. The number of likely N-dealkylation sites (N-methyl/N-ethyl adjacent to an activating group) is 1.